The molecule has 1 atom stereocenters. The lowest BCUT2D eigenvalue weighted by molar-refractivity contribution is 0.0180. The molecule has 0 saturated heterocycles. The molecule has 6 nitrogen and oxygen atoms in total. The summed E-state index contributed by atoms with van der Waals surface area (Å²) in [6, 6.07) is 5.51. The molecule has 0 aliphatic heterocycles. The minimum absolute atomic E-state index is 0.00380. The van der Waals surface area contributed by atoms with Crippen LogP contribution in [0.1, 0.15) is 48.1 Å². The zero-order chi connectivity index (χ0) is 19.3. The van der Waals surface area contributed by atoms with Gasteiger partial charge in [0.2, 0.25) is 0 Å². The topological polar surface area (TPSA) is 76.1 Å². The van der Waals surface area contributed by atoms with Crippen LogP contribution in [-0.4, -0.2) is 36.1 Å². The van der Waals surface area contributed by atoms with E-state index in [2.05, 4.69) is 20.6 Å². The normalized spacial score (nSPS) is 16.3. The second-order valence-corrected chi connectivity index (χ2v) is 7.58. The van der Waals surface area contributed by atoms with E-state index < -0.39 is 0 Å². The molecule has 2 aromatic rings. The van der Waals surface area contributed by atoms with Gasteiger partial charge in [-0.15, -0.1) is 0 Å². The van der Waals surface area contributed by atoms with Crippen LogP contribution >= 0.6 is 11.6 Å². The average Bonchev–Trinajstić information content (AvgIpc) is 2.65. The summed E-state index contributed by atoms with van der Waals surface area (Å²) in [6.07, 6.45) is 8.41. The lowest BCUT2D eigenvalue weighted by atomic mass is 9.69. The van der Waals surface area contributed by atoms with E-state index in [4.69, 9.17) is 16.3 Å². The molecular formula is C20H25ClN4O2. The molecule has 0 radical (unpaired) electrons. The third-order valence-electron chi connectivity index (χ3n) is 5.13. The van der Waals surface area contributed by atoms with Crippen LogP contribution in [0, 0.1) is 5.41 Å². The minimum Gasteiger partial charge on any atom is -0.384 e. The maximum atomic E-state index is 12.5. The van der Waals surface area contributed by atoms with E-state index in [9.17, 15) is 4.79 Å². The summed E-state index contributed by atoms with van der Waals surface area (Å²) in [4.78, 5) is 20.9. The third kappa shape index (κ3) is 4.76. The number of rotatable bonds is 8. The smallest absolute Gasteiger partial charge is 0.252 e. The molecule has 0 spiro atoms. The predicted molar refractivity (Wildman–Crippen MR) is 106 cm³/mol. The maximum Gasteiger partial charge on any atom is 0.252 e. The van der Waals surface area contributed by atoms with Crippen LogP contribution in [0.3, 0.4) is 0 Å². The van der Waals surface area contributed by atoms with Crippen molar-refractivity contribution in [1.82, 2.24) is 15.3 Å². The van der Waals surface area contributed by atoms with E-state index in [1.807, 2.05) is 19.1 Å². The second-order valence-electron chi connectivity index (χ2n) is 7.18. The van der Waals surface area contributed by atoms with E-state index in [1.165, 1.54) is 6.42 Å². The summed E-state index contributed by atoms with van der Waals surface area (Å²) in [6.45, 7) is 3.28. The standard InChI is InChI=1S/C20H25ClN4O2/c1-14(15-5-3-8-22-10-15)25-18-17(21)9-16(11-23-18)19(26)24-12-20(13-27-2)6-4-7-20/h3,5,8-11,14H,4,6-7,12-13H2,1-2H3,(H,23,25)(H,24,26). The van der Waals surface area contributed by atoms with Crippen LogP contribution in [0.5, 0.6) is 0 Å². The van der Waals surface area contributed by atoms with Gasteiger partial charge in [-0.05, 0) is 37.5 Å². The number of nitrogens with one attached hydrogen (secondary N) is 2. The molecule has 1 fully saturated rings. The number of methoxy groups -OCH3 is 1. The number of pyridine rings is 2. The molecule has 2 heterocycles. The summed E-state index contributed by atoms with van der Waals surface area (Å²) in [7, 11) is 1.70. The first kappa shape index (κ1) is 19.6. The number of anilines is 1. The van der Waals surface area contributed by atoms with Crippen LogP contribution in [-0.2, 0) is 4.74 Å². The Morgan fingerprint density at radius 2 is 2.22 bits per heavy atom. The fourth-order valence-corrected chi connectivity index (χ4v) is 3.53. The van der Waals surface area contributed by atoms with Crippen molar-refractivity contribution in [2.45, 2.75) is 32.2 Å². The largest absolute Gasteiger partial charge is 0.384 e. The highest BCUT2D eigenvalue weighted by Crippen LogP contribution is 2.40. The number of hydrogen-bond donors (Lipinski definition) is 2. The highest BCUT2D eigenvalue weighted by Gasteiger charge is 2.37. The maximum absolute atomic E-state index is 12.5. The Balaban J connectivity index is 1.61. The van der Waals surface area contributed by atoms with Crippen molar-refractivity contribution in [1.29, 1.82) is 0 Å². The Hall–Kier alpha value is -2.18. The van der Waals surface area contributed by atoms with Gasteiger partial charge in [0, 0.05) is 37.7 Å². The van der Waals surface area contributed by atoms with Gasteiger partial charge in [-0.3, -0.25) is 9.78 Å². The lowest BCUT2D eigenvalue weighted by Gasteiger charge is -2.41. The van der Waals surface area contributed by atoms with E-state index >= 15 is 0 Å². The van der Waals surface area contributed by atoms with Crippen molar-refractivity contribution in [3.8, 4) is 0 Å². The fraction of sp³-hybridized carbons (Fsp3) is 0.450. The zero-order valence-corrected chi connectivity index (χ0v) is 16.4. The summed E-state index contributed by atoms with van der Waals surface area (Å²) < 4.78 is 5.30. The molecule has 2 N–H and O–H groups in total. The fourth-order valence-electron chi connectivity index (χ4n) is 3.31. The number of ether oxygens (including phenoxy) is 1. The van der Waals surface area contributed by atoms with E-state index in [-0.39, 0.29) is 17.4 Å². The van der Waals surface area contributed by atoms with Gasteiger partial charge < -0.3 is 15.4 Å². The van der Waals surface area contributed by atoms with E-state index in [0.29, 0.717) is 29.6 Å². The Morgan fingerprint density at radius 1 is 1.41 bits per heavy atom. The Morgan fingerprint density at radius 3 is 2.81 bits per heavy atom. The molecule has 27 heavy (non-hydrogen) atoms. The SMILES string of the molecule is COCC1(CNC(=O)c2cnc(NC(C)c3cccnc3)c(Cl)c2)CCC1. The molecule has 2 aromatic heterocycles. The Labute approximate surface area is 164 Å². The average molecular weight is 389 g/mol. The van der Waals surface area contributed by atoms with Crippen LogP contribution in [0.25, 0.3) is 0 Å². The molecule has 1 amide bonds. The van der Waals surface area contributed by atoms with Crippen molar-refractivity contribution in [3.05, 3.63) is 52.9 Å². The number of halogens is 1. The Bertz CT molecular complexity index is 781. The molecule has 144 valence electrons. The van der Waals surface area contributed by atoms with Crippen LogP contribution in [0.2, 0.25) is 5.02 Å². The van der Waals surface area contributed by atoms with Gasteiger partial charge in [0.15, 0.2) is 0 Å². The van der Waals surface area contributed by atoms with Gasteiger partial charge in [0.05, 0.1) is 23.2 Å². The van der Waals surface area contributed by atoms with Crippen LogP contribution in [0.15, 0.2) is 36.8 Å². The molecule has 1 saturated carbocycles. The number of amides is 1. The molecule has 0 aromatic carbocycles. The number of carbonyl (C=O) groups is 1. The monoisotopic (exact) mass is 388 g/mol. The highest BCUT2D eigenvalue weighted by atomic mass is 35.5. The lowest BCUT2D eigenvalue weighted by Crippen LogP contribution is -2.45. The van der Waals surface area contributed by atoms with Crippen molar-refractivity contribution >= 4 is 23.3 Å². The molecule has 3 rings (SSSR count). The molecule has 1 unspecified atom stereocenters. The minimum atomic E-state index is -0.168. The zero-order valence-electron chi connectivity index (χ0n) is 15.7. The van der Waals surface area contributed by atoms with Gasteiger partial charge in [-0.25, -0.2) is 4.98 Å². The highest BCUT2D eigenvalue weighted by molar-refractivity contribution is 6.33. The first-order valence-corrected chi connectivity index (χ1v) is 9.50. The van der Waals surface area contributed by atoms with Gasteiger partial charge >= 0.3 is 0 Å². The number of aromatic nitrogens is 2. The number of hydrogen-bond acceptors (Lipinski definition) is 5. The summed E-state index contributed by atoms with van der Waals surface area (Å²) in [5, 5.41) is 6.66. The van der Waals surface area contributed by atoms with Gasteiger partial charge in [0.1, 0.15) is 5.82 Å². The Kier molecular flexibility index (Phi) is 6.29. The molecule has 0 bridgehead atoms. The van der Waals surface area contributed by atoms with Crippen molar-refractivity contribution in [2.24, 2.45) is 5.41 Å². The predicted octanol–water partition coefficient (Wildman–Crippen LogP) is 3.85. The summed E-state index contributed by atoms with van der Waals surface area (Å²) in [5.41, 5.74) is 1.55. The summed E-state index contributed by atoms with van der Waals surface area (Å²) >= 11 is 6.34. The van der Waals surface area contributed by atoms with Crippen LogP contribution < -0.4 is 10.6 Å². The first-order chi connectivity index (χ1) is 13.0. The molecular weight excluding hydrogens is 364 g/mol. The molecule has 1 aliphatic rings. The van der Waals surface area contributed by atoms with Crippen molar-refractivity contribution < 1.29 is 9.53 Å². The summed E-state index contributed by atoms with van der Waals surface area (Å²) in [5.74, 6) is 0.373. The van der Waals surface area contributed by atoms with Crippen molar-refractivity contribution in [2.75, 3.05) is 25.6 Å². The van der Waals surface area contributed by atoms with Gasteiger partial charge in [-0.2, -0.15) is 0 Å². The van der Waals surface area contributed by atoms with E-state index in [1.54, 1.807) is 31.8 Å². The first-order valence-electron chi connectivity index (χ1n) is 9.12. The van der Waals surface area contributed by atoms with Gasteiger partial charge in [0.25, 0.3) is 5.91 Å². The molecule has 7 heteroatoms. The number of carbonyl (C=O) groups excluding carboxylic acids is 1. The second kappa shape index (κ2) is 8.67. The number of nitrogens with zero attached hydrogens (tertiary/aromatic N) is 2. The third-order valence-corrected chi connectivity index (χ3v) is 5.42. The quantitative estimate of drug-likeness (QED) is 0.718. The van der Waals surface area contributed by atoms with Crippen LogP contribution in [0.4, 0.5) is 5.82 Å². The van der Waals surface area contributed by atoms with Gasteiger partial charge in [-0.1, -0.05) is 24.1 Å². The molecule has 1 aliphatic carbocycles. The van der Waals surface area contributed by atoms with E-state index in [0.717, 1.165) is 18.4 Å². The van der Waals surface area contributed by atoms with Crippen molar-refractivity contribution in [3.63, 3.8) is 0 Å².